The third-order valence-electron chi connectivity index (χ3n) is 2.66. The lowest BCUT2D eigenvalue weighted by atomic mass is 10.0. The van der Waals surface area contributed by atoms with E-state index in [4.69, 9.17) is 0 Å². The van der Waals surface area contributed by atoms with Gasteiger partial charge in [-0.3, -0.25) is 4.79 Å². The number of ketones is 1. The SMILES string of the molecule is COc1cc(F)c(C(=O)c2ccc(F)c(F)c2)c(F)c1. The Morgan fingerprint density at radius 1 is 0.900 bits per heavy atom. The molecule has 0 aromatic heterocycles. The Morgan fingerprint density at radius 2 is 1.50 bits per heavy atom. The van der Waals surface area contributed by atoms with Crippen LogP contribution < -0.4 is 4.74 Å². The van der Waals surface area contributed by atoms with Crippen LogP contribution in [-0.4, -0.2) is 12.9 Å². The van der Waals surface area contributed by atoms with Crippen LogP contribution in [0.4, 0.5) is 17.6 Å². The normalized spacial score (nSPS) is 10.4. The number of hydrogen-bond acceptors (Lipinski definition) is 2. The average molecular weight is 284 g/mol. The molecule has 0 radical (unpaired) electrons. The number of methoxy groups -OCH3 is 1. The van der Waals surface area contributed by atoms with Gasteiger partial charge in [0, 0.05) is 17.7 Å². The molecule has 6 heteroatoms. The summed E-state index contributed by atoms with van der Waals surface area (Å²) >= 11 is 0. The molecule has 2 aromatic carbocycles. The van der Waals surface area contributed by atoms with Crippen molar-refractivity contribution in [2.45, 2.75) is 0 Å². The lowest BCUT2D eigenvalue weighted by molar-refractivity contribution is 0.103. The molecular formula is C14H8F4O2. The van der Waals surface area contributed by atoms with Gasteiger partial charge in [-0.1, -0.05) is 0 Å². The van der Waals surface area contributed by atoms with Gasteiger partial charge < -0.3 is 4.74 Å². The van der Waals surface area contributed by atoms with Crippen molar-refractivity contribution < 1.29 is 27.1 Å². The molecule has 0 spiro atoms. The molecule has 0 N–H and O–H groups in total. The van der Waals surface area contributed by atoms with Crippen LogP contribution in [0.15, 0.2) is 30.3 Å². The maximum absolute atomic E-state index is 13.7. The molecule has 0 heterocycles. The first-order valence-electron chi connectivity index (χ1n) is 5.47. The van der Waals surface area contributed by atoms with Crippen molar-refractivity contribution in [1.82, 2.24) is 0 Å². The first-order chi connectivity index (χ1) is 9.43. The smallest absolute Gasteiger partial charge is 0.199 e. The number of carbonyl (C=O) groups is 1. The second-order valence-corrected chi connectivity index (χ2v) is 3.92. The first-order valence-corrected chi connectivity index (χ1v) is 5.47. The summed E-state index contributed by atoms with van der Waals surface area (Å²) < 4.78 is 57.9. The Bertz CT molecular complexity index is 660. The summed E-state index contributed by atoms with van der Waals surface area (Å²) in [5.74, 6) is -5.89. The standard InChI is InChI=1S/C14H8F4O2/c1-20-8-5-11(17)13(12(18)6-8)14(19)7-2-3-9(15)10(16)4-7/h2-6H,1H3. The maximum atomic E-state index is 13.7. The molecule has 2 rings (SSSR count). The molecule has 2 aromatic rings. The van der Waals surface area contributed by atoms with E-state index in [2.05, 4.69) is 4.74 Å². The molecule has 0 fully saturated rings. The van der Waals surface area contributed by atoms with Crippen LogP contribution in [0.1, 0.15) is 15.9 Å². The Labute approximate surface area is 111 Å². The van der Waals surface area contributed by atoms with E-state index in [0.717, 1.165) is 18.2 Å². The number of carbonyl (C=O) groups excluding carboxylic acids is 1. The fraction of sp³-hybridized carbons (Fsp3) is 0.0714. The second-order valence-electron chi connectivity index (χ2n) is 3.92. The van der Waals surface area contributed by atoms with Gasteiger partial charge in [0.25, 0.3) is 0 Å². The summed E-state index contributed by atoms with van der Waals surface area (Å²) in [6.07, 6.45) is 0. The molecule has 20 heavy (non-hydrogen) atoms. The Balaban J connectivity index is 2.50. The van der Waals surface area contributed by atoms with Crippen LogP contribution in [0.3, 0.4) is 0 Å². The molecule has 0 aliphatic rings. The highest BCUT2D eigenvalue weighted by molar-refractivity contribution is 6.09. The minimum absolute atomic E-state index is 0.0955. The van der Waals surface area contributed by atoms with E-state index in [9.17, 15) is 22.4 Å². The molecule has 0 saturated heterocycles. The lowest BCUT2D eigenvalue weighted by Crippen LogP contribution is -2.08. The summed E-state index contributed by atoms with van der Waals surface area (Å²) in [5.41, 5.74) is -1.20. The third kappa shape index (κ3) is 2.49. The van der Waals surface area contributed by atoms with Crippen LogP contribution in [0, 0.1) is 23.3 Å². The van der Waals surface area contributed by atoms with E-state index in [1.807, 2.05) is 0 Å². The van der Waals surface area contributed by atoms with Gasteiger partial charge in [-0.2, -0.15) is 0 Å². The molecule has 0 bridgehead atoms. The van der Waals surface area contributed by atoms with Gasteiger partial charge in [0.2, 0.25) is 0 Å². The highest BCUT2D eigenvalue weighted by Crippen LogP contribution is 2.23. The molecule has 0 saturated carbocycles. The quantitative estimate of drug-likeness (QED) is 0.637. The van der Waals surface area contributed by atoms with Crippen LogP contribution in [-0.2, 0) is 0 Å². The van der Waals surface area contributed by atoms with Crippen molar-refractivity contribution in [3.63, 3.8) is 0 Å². The third-order valence-corrected chi connectivity index (χ3v) is 2.66. The zero-order chi connectivity index (χ0) is 14.9. The van der Waals surface area contributed by atoms with Crippen molar-refractivity contribution in [3.05, 3.63) is 64.7 Å². The molecule has 0 amide bonds. The molecule has 0 unspecified atom stereocenters. The van der Waals surface area contributed by atoms with Gasteiger partial charge in [-0.15, -0.1) is 0 Å². The predicted molar refractivity (Wildman–Crippen MR) is 62.7 cm³/mol. The minimum atomic E-state index is -1.27. The van der Waals surface area contributed by atoms with Crippen molar-refractivity contribution >= 4 is 5.78 Å². The van der Waals surface area contributed by atoms with Gasteiger partial charge in [0.05, 0.1) is 12.7 Å². The molecular weight excluding hydrogens is 276 g/mol. The fourth-order valence-electron chi connectivity index (χ4n) is 1.67. The van der Waals surface area contributed by atoms with Crippen LogP contribution in [0.2, 0.25) is 0 Å². The van der Waals surface area contributed by atoms with E-state index in [1.165, 1.54) is 7.11 Å². The van der Waals surface area contributed by atoms with E-state index in [1.54, 1.807) is 0 Å². The molecule has 0 aliphatic carbocycles. The minimum Gasteiger partial charge on any atom is -0.497 e. The van der Waals surface area contributed by atoms with Crippen LogP contribution in [0.5, 0.6) is 5.75 Å². The topological polar surface area (TPSA) is 26.3 Å². The Kier molecular flexibility index (Phi) is 3.74. The highest BCUT2D eigenvalue weighted by atomic mass is 19.2. The largest absolute Gasteiger partial charge is 0.497 e. The van der Waals surface area contributed by atoms with Gasteiger partial charge in [-0.25, -0.2) is 17.6 Å². The average Bonchev–Trinajstić information content (AvgIpc) is 2.40. The zero-order valence-corrected chi connectivity index (χ0v) is 10.2. The Morgan fingerprint density at radius 3 is 2.00 bits per heavy atom. The fourth-order valence-corrected chi connectivity index (χ4v) is 1.67. The zero-order valence-electron chi connectivity index (χ0n) is 10.2. The van der Waals surface area contributed by atoms with E-state index in [-0.39, 0.29) is 11.3 Å². The van der Waals surface area contributed by atoms with Gasteiger partial charge >= 0.3 is 0 Å². The van der Waals surface area contributed by atoms with Crippen molar-refractivity contribution in [2.75, 3.05) is 7.11 Å². The molecule has 2 nitrogen and oxygen atoms in total. The van der Waals surface area contributed by atoms with Gasteiger partial charge in [0.1, 0.15) is 17.4 Å². The lowest BCUT2D eigenvalue weighted by Gasteiger charge is -2.07. The number of hydrogen-bond donors (Lipinski definition) is 0. The van der Waals surface area contributed by atoms with Crippen LogP contribution in [0.25, 0.3) is 0 Å². The predicted octanol–water partition coefficient (Wildman–Crippen LogP) is 3.48. The number of halogens is 4. The maximum Gasteiger partial charge on any atom is 0.199 e. The molecule has 0 aliphatic heterocycles. The second kappa shape index (κ2) is 5.32. The number of benzene rings is 2. The molecule has 104 valence electrons. The summed E-state index contributed by atoms with van der Waals surface area (Å²) in [5, 5.41) is 0. The molecule has 0 atom stereocenters. The van der Waals surface area contributed by atoms with E-state index >= 15 is 0 Å². The van der Waals surface area contributed by atoms with E-state index < -0.39 is 34.6 Å². The van der Waals surface area contributed by atoms with E-state index in [0.29, 0.717) is 12.1 Å². The van der Waals surface area contributed by atoms with Crippen molar-refractivity contribution in [1.29, 1.82) is 0 Å². The first kappa shape index (κ1) is 14.0. The van der Waals surface area contributed by atoms with Crippen LogP contribution >= 0.6 is 0 Å². The monoisotopic (exact) mass is 284 g/mol. The Hall–Kier alpha value is -2.37. The summed E-state index contributed by atoms with van der Waals surface area (Å²) in [6, 6.07) is 3.90. The number of rotatable bonds is 3. The highest BCUT2D eigenvalue weighted by Gasteiger charge is 2.21. The summed E-state index contributed by atoms with van der Waals surface area (Å²) in [7, 11) is 1.21. The number of ether oxygens (including phenoxy) is 1. The van der Waals surface area contributed by atoms with Crippen molar-refractivity contribution in [3.8, 4) is 5.75 Å². The van der Waals surface area contributed by atoms with Gasteiger partial charge in [-0.05, 0) is 18.2 Å². The van der Waals surface area contributed by atoms with Gasteiger partial charge in [0.15, 0.2) is 17.4 Å². The van der Waals surface area contributed by atoms with Crippen molar-refractivity contribution in [2.24, 2.45) is 0 Å². The summed E-state index contributed by atoms with van der Waals surface area (Å²) in [6.45, 7) is 0. The summed E-state index contributed by atoms with van der Waals surface area (Å²) in [4.78, 5) is 11.9.